The van der Waals surface area contributed by atoms with Crippen LogP contribution in [0.2, 0.25) is 0 Å². The molecule has 0 aromatic heterocycles. The van der Waals surface area contributed by atoms with Crippen LogP contribution < -0.4 is 10.5 Å². The average Bonchev–Trinajstić information content (AvgIpc) is 2.22. The number of anilines is 1. The first kappa shape index (κ1) is 14.3. The SMILES string of the molecule is COC(C)(C)CCOc1c(C)cc(Br)cc1N. The molecule has 2 N–H and O–H groups in total. The fraction of sp³-hybridized carbons (Fsp3) is 0.538. The third-order valence-corrected chi connectivity index (χ3v) is 3.23. The first-order valence-corrected chi connectivity index (χ1v) is 6.38. The van der Waals surface area contributed by atoms with Crippen LogP contribution in [0.25, 0.3) is 0 Å². The standard InChI is InChI=1S/C13H20BrNO2/c1-9-7-10(14)8-11(15)12(9)17-6-5-13(2,3)16-4/h7-8H,5-6,15H2,1-4H3. The summed E-state index contributed by atoms with van der Waals surface area (Å²) < 4.78 is 12.0. The molecule has 1 rings (SSSR count). The van der Waals surface area contributed by atoms with Crippen LogP contribution in [0.4, 0.5) is 5.69 Å². The summed E-state index contributed by atoms with van der Waals surface area (Å²) in [5, 5.41) is 0. The van der Waals surface area contributed by atoms with Gasteiger partial charge < -0.3 is 15.2 Å². The van der Waals surface area contributed by atoms with E-state index >= 15 is 0 Å². The molecule has 1 aromatic carbocycles. The minimum Gasteiger partial charge on any atom is -0.491 e. The van der Waals surface area contributed by atoms with Crippen molar-refractivity contribution >= 4 is 21.6 Å². The zero-order chi connectivity index (χ0) is 13.1. The summed E-state index contributed by atoms with van der Waals surface area (Å²) in [4.78, 5) is 0. The molecule has 0 aliphatic heterocycles. The molecule has 0 aliphatic rings. The lowest BCUT2D eigenvalue weighted by Crippen LogP contribution is -2.25. The lowest BCUT2D eigenvalue weighted by atomic mass is 10.1. The molecule has 17 heavy (non-hydrogen) atoms. The molecule has 0 aliphatic carbocycles. The first-order chi connectivity index (χ1) is 7.85. The van der Waals surface area contributed by atoms with Crippen LogP contribution >= 0.6 is 15.9 Å². The van der Waals surface area contributed by atoms with Crippen LogP contribution in [0, 0.1) is 6.92 Å². The van der Waals surface area contributed by atoms with E-state index in [9.17, 15) is 0 Å². The molecule has 0 unspecified atom stereocenters. The number of aryl methyl sites for hydroxylation is 1. The van der Waals surface area contributed by atoms with E-state index in [1.165, 1.54) is 0 Å². The van der Waals surface area contributed by atoms with E-state index in [0.717, 1.165) is 22.2 Å². The predicted molar refractivity (Wildman–Crippen MR) is 74.5 cm³/mol. The van der Waals surface area contributed by atoms with Gasteiger partial charge in [-0.25, -0.2) is 0 Å². The molecule has 0 radical (unpaired) electrons. The molecule has 1 aromatic rings. The van der Waals surface area contributed by atoms with Crippen LogP contribution in [-0.4, -0.2) is 19.3 Å². The molecule has 4 heteroatoms. The number of rotatable bonds is 5. The highest BCUT2D eigenvalue weighted by Gasteiger charge is 2.16. The van der Waals surface area contributed by atoms with Gasteiger partial charge >= 0.3 is 0 Å². The summed E-state index contributed by atoms with van der Waals surface area (Å²) in [6.07, 6.45) is 0.818. The van der Waals surface area contributed by atoms with Crippen molar-refractivity contribution in [2.24, 2.45) is 0 Å². The number of methoxy groups -OCH3 is 1. The van der Waals surface area contributed by atoms with Crippen molar-refractivity contribution in [1.82, 2.24) is 0 Å². The summed E-state index contributed by atoms with van der Waals surface area (Å²) >= 11 is 3.40. The van der Waals surface area contributed by atoms with Gasteiger partial charge in [0.25, 0.3) is 0 Å². The number of halogens is 1. The summed E-state index contributed by atoms with van der Waals surface area (Å²) in [5.74, 6) is 0.764. The Morgan fingerprint density at radius 3 is 2.53 bits per heavy atom. The maximum atomic E-state index is 5.92. The molecular formula is C13H20BrNO2. The van der Waals surface area contributed by atoms with E-state index in [1.807, 2.05) is 32.9 Å². The normalized spacial score (nSPS) is 11.6. The van der Waals surface area contributed by atoms with Gasteiger partial charge in [-0.1, -0.05) is 15.9 Å². The van der Waals surface area contributed by atoms with Crippen LogP contribution in [0.1, 0.15) is 25.8 Å². The molecule has 0 heterocycles. The highest BCUT2D eigenvalue weighted by atomic mass is 79.9. The molecule has 3 nitrogen and oxygen atoms in total. The summed E-state index contributed by atoms with van der Waals surface area (Å²) in [6, 6.07) is 3.84. The fourth-order valence-electron chi connectivity index (χ4n) is 1.45. The van der Waals surface area contributed by atoms with Gasteiger partial charge in [0.2, 0.25) is 0 Å². The quantitative estimate of drug-likeness (QED) is 0.846. The van der Waals surface area contributed by atoms with Crippen molar-refractivity contribution in [3.05, 3.63) is 22.2 Å². The van der Waals surface area contributed by atoms with E-state index in [0.29, 0.717) is 12.3 Å². The van der Waals surface area contributed by atoms with E-state index in [1.54, 1.807) is 7.11 Å². The molecule has 0 bridgehead atoms. The molecule has 0 spiro atoms. The number of benzene rings is 1. The van der Waals surface area contributed by atoms with Crippen LogP contribution in [0.5, 0.6) is 5.75 Å². The van der Waals surface area contributed by atoms with Crippen molar-refractivity contribution in [2.45, 2.75) is 32.8 Å². The largest absolute Gasteiger partial charge is 0.491 e. The molecule has 0 saturated heterocycles. The number of nitrogens with two attached hydrogens (primary N) is 1. The second kappa shape index (κ2) is 5.74. The van der Waals surface area contributed by atoms with Crippen molar-refractivity contribution in [3.63, 3.8) is 0 Å². The Morgan fingerprint density at radius 2 is 2.00 bits per heavy atom. The van der Waals surface area contributed by atoms with Gasteiger partial charge in [0.1, 0.15) is 5.75 Å². The number of hydrogen-bond acceptors (Lipinski definition) is 3. The van der Waals surface area contributed by atoms with Crippen LogP contribution in [-0.2, 0) is 4.74 Å². The second-order valence-electron chi connectivity index (χ2n) is 4.70. The van der Waals surface area contributed by atoms with Crippen LogP contribution in [0.3, 0.4) is 0 Å². The minimum absolute atomic E-state index is 0.169. The molecule has 0 atom stereocenters. The van der Waals surface area contributed by atoms with Gasteiger partial charge in [-0.05, 0) is 38.5 Å². The zero-order valence-electron chi connectivity index (χ0n) is 10.8. The number of hydrogen-bond donors (Lipinski definition) is 1. The van der Waals surface area contributed by atoms with E-state index in [-0.39, 0.29) is 5.60 Å². The Morgan fingerprint density at radius 1 is 1.35 bits per heavy atom. The fourth-order valence-corrected chi connectivity index (χ4v) is 2.04. The molecule has 96 valence electrons. The van der Waals surface area contributed by atoms with Crippen molar-refractivity contribution in [2.75, 3.05) is 19.5 Å². The molecule has 0 fully saturated rings. The Kier molecular flexibility index (Phi) is 4.83. The maximum Gasteiger partial charge on any atom is 0.145 e. The molecular weight excluding hydrogens is 282 g/mol. The van der Waals surface area contributed by atoms with E-state index < -0.39 is 0 Å². The third-order valence-electron chi connectivity index (χ3n) is 2.77. The van der Waals surface area contributed by atoms with E-state index in [4.69, 9.17) is 15.2 Å². The van der Waals surface area contributed by atoms with Gasteiger partial charge in [-0.15, -0.1) is 0 Å². The summed E-state index contributed by atoms with van der Waals surface area (Å²) in [7, 11) is 1.71. The number of nitrogen functional groups attached to an aromatic ring is 1. The highest BCUT2D eigenvalue weighted by Crippen LogP contribution is 2.30. The highest BCUT2D eigenvalue weighted by molar-refractivity contribution is 9.10. The topological polar surface area (TPSA) is 44.5 Å². The van der Waals surface area contributed by atoms with Gasteiger partial charge in [0.05, 0.1) is 17.9 Å². The third kappa shape index (κ3) is 4.21. The second-order valence-corrected chi connectivity index (χ2v) is 5.62. The summed E-state index contributed by atoms with van der Waals surface area (Å²) in [5.41, 5.74) is 7.44. The Bertz CT molecular complexity index is 368. The Labute approximate surface area is 111 Å². The van der Waals surface area contributed by atoms with Gasteiger partial charge in [-0.3, -0.25) is 0 Å². The predicted octanol–water partition coefficient (Wildman–Crippen LogP) is 3.53. The van der Waals surface area contributed by atoms with Crippen LogP contribution in [0.15, 0.2) is 16.6 Å². The van der Waals surface area contributed by atoms with Gasteiger partial charge in [-0.2, -0.15) is 0 Å². The van der Waals surface area contributed by atoms with Gasteiger partial charge in [0.15, 0.2) is 0 Å². The zero-order valence-corrected chi connectivity index (χ0v) is 12.4. The first-order valence-electron chi connectivity index (χ1n) is 5.59. The lowest BCUT2D eigenvalue weighted by molar-refractivity contribution is 0.00545. The lowest BCUT2D eigenvalue weighted by Gasteiger charge is -2.23. The maximum absolute atomic E-state index is 5.92. The van der Waals surface area contributed by atoms with Gasteiger partial charge in [0, 0.05) is 18.0 Å². The minimum atomic E-state index is -0.169. The average molecular weight is 302 g/mol. The smallest absolute Gasteiger partial charge is 0.145 e. The summed E-state index contributed by atoms with van der Waals surface area (Å²) in [6.45, 7) is 6.65. The molecule has 0 amide bonds. The number of ether oxygens (including phenoxy) is 2. The van der Waals surface area contributed by atoms with E-state index in [2.05, 4.69) is 15.9 Å². The van der Waals surface area contributed by atoms with Crippen molar-refractivity contribution in [3.8, 4) is 5.75 Å². The monoisotopic (exact) mass is 301 g/mol. The van der Waals surface area contributed by atoms with Crippen molar-refractivity contribution < 1.29 is 9.47 Å². The Hall–Kier alpha value is -0.740. The molecule has 0 saturated carbocycles. The Balaban J connectivity index is 2.64. The van der Waals surface area contributed by atoms with Crippen molar-refractivity contribution in [1.29, 1.82) is 0 Å².